The van der Waals surface area contributed by atoms with E-state index in [1.54, 1.807) is 4.90 Å². The summed E-state index contributed by atoms with van der Waals surface area (Å²) in [6.45, 7) is 3.77. The van der Waals surface area contributed by atoms with E-state index < -0.39 is 0 Å². The Labute approximate surface area is 93.0 Å². The molecule has 0 aliphatic carbocycles. The average Bonchev–Trinajstić information content (AvgIpc) is 2.83. The number of H-pyrrole nitrogens is 1. The number of carbonyl (C=O) groups excluding carboxylic acids is 1. The maximum absolute atomic E-state index is 11.9. The lowest BCUT2D eigenvalue weighted by atomic mass is 10.3. The maximum Gasteiger partial charge on any atom is 0.276 e. The number of carbonyl (C=O) groups is 1. The van der Waals surface area contributed by atoms with E-state index in [0.29, 0.717) is 25.3 Å². The minimum Gasteiger partial charge on any atom is -0.395 e. The molecule has 7 heteroatoms. The first-order valence-electron chi connectivity index (χ1n) is 5.29. The van der Waals surface area contributed by atoms with Gasteiger partial charge in [-0.2, -0.15) is 15.4 Å². The number of aromatic amines is 1. The zero-order chi connectivity index (χ0) is 11.4. The smallest absolute Gasteiger partial charge is 0.276 e. The standard InChI is InChI=1S/C9H15N5O2/c15-6-5-13-1-3-14(4-2-13)9(16)8-7-10-12-11-8/h7,15H,1-6H2,(H,10,11,12). The SMILES string of the molecule is O=C(c1cn[nH]n1)N1CCN(CCO)CC1. The van der Waals surface area contributed by atoms with Crippen LogP contribution in [-0.2, 0) is 0 Å². The van der Waals surface area contributed by atoms with Crippen LogP contribution in [0.2, 0.25) is 0 Å². The Hall–Kier alpha value is -1.47. The number of aliphatic hydroxyl groups excluding tert-OH is 1. The van der Waals surface area contributed by atoms with Gasteiger partial charge < -0.3 is 10.0 Å². The van der Waals surface area contributed by atoms with Gasteiger partial charge in [0.05, 0.1) is 12.8 Å². The van der Waals surface area contributed by atoms with Crippen LogP contribution in [0.3, 0.4) is 0 Å². The third-order valence-electron chi connectivity index (χ3n) is 2.71. The first-order chi connectivity index (χ1) is 7.81. The monoisotopic (exact) mass is 225 g/mol. The van der Waals surface area contributed by atoms with E-state index in [9.17, 15) is 4.79 Å². The minimum absolute atomic E-state index is 0.0857. The van der Waals surface area contributed by atoms with Crippen molar-refractivity contribution in [2.45, 2.75) is 0 Å². The number of piperazine rings is 1. The van der Waals surface area contributed by atoms with Crippen LogP contribution in [0.4, 0.5) is 0 Å². The summed E-state index contributed by atoms with van der Waals surface area (Å²) < 4.78 is 0. The maximum atomic E-state index is 11.9. The number of hydrogen-bond donors (Lipinski definition) is 2. The highest BCUT2D eigenvalue weighted by Gasteiger charge is 2.22. The topological polar surface area (TPSA) is 85.4 Å². The Kier molecular flexibility index (Phi) is 3.47. The van der Waals surface area contributed by atoms with Crippen LogP contribution in [0.15, 0.2) is 6.20 Å². The molecule has 2 heterocycles. The highest BCUT2D eigenvalue weighted by Crippen LogP contribution is 2.05. The second-order valence-corrected chi connectivity index (χ2v) is 3.71. The van der Waals surface area contributed by atoms with Crippen molar-refractivity contribution in [3.63, 3.8) is 0 Å². The fraction of sp³-hybridized carbons (Fsp3) is 0.667. The van der Waals surface area contributed by atoms with Gasteiger partial charge in [0, 0.05) is 32.7 Å². The fourth-order valence-electron chi connectivity index (χ4n) is 1.78. The molecule has 16 heavy (non-hydrogen) atoms. The Bertz CT molecular complexity index is 332. The lowest BCUT2D eigenvalue weighted by molar-refractivity contribution is 0.0609. The number of nitrogens with zero attached hydrogens (tertiary/aromatic N) is 4. The third-order valence-corrected chi connectivity index (χ3v) is 2.71. The summed E-state index contributed by atoms with van der Waals surface area (Å²) in [5.74, 6) is -0.0857. The molecule has 0 aromatic carbocycles. The zero-order valence-electron chi connectivity index (χ0n) is 8.96. The molecule has 1 amide bonds. The van der Waals surface area contributed by atoms with Crippen molar-refractivity contribution in [3.05, 3.63) is 11.9 Å². The summed E-state index contributed by atoms with van der Waals surface area (Å²) >= 11 is 0. The second kappa shape index (κ2) is 5.04. The predicted octanol–water partition coefficient (Wildman–Crippen LogP) is -1.45. The fourth-order valence-corrected chi connectivity index (χ4v) is 1.78. The highest BCUT2D eigenvalue weighted by molar-refractivity contribution is 5.91. The lowest BCUT2D eigenvalue weighted by Crippen LogP contribution is -2.49. The van der Waals surface area contributed by atoms with Gasteiger partial charge in [0.1, 0.15) is 0 Å². The highest BCUT2D eigenvalue weighted by atomic mass is 16.3. The van der Waals surface area contributed by atoms with Crippen molar-refractivity contribution in [1.82, 2.24) is 25.2 Å². The zero-order valence-corrected chi connectivity index (χ0v) is 8.96. The Morgan fingerprint density at radius 2 is 2.19 bits per heavy atom. The third kappa shape index (κ3) is 2.37. The van der Waals surface area contributed by atoms with Gasteiger partial charge in [-0.05, 0) is 0 Å². The van der Waals surface area contributed by atoms with Crippen molar-refractivity contribution < 1.29 is 9.90 Å². The van der Waals surface area contributed by atoms with Gasteiger partial charge in [-0.1, -0.05) is 0 Å². The van der Waals surface area contributed by atoms with Crippen molar-refractivity contribution in [2.24, 2.45) is 0 Å². The van der Waals surface area contributed by atoms with Gasteiger partial charge in [0.2, 0.25) is 0 Å². The number of rotatable bonds is 3. The lowest BCUT2D eigenvalue weighted by Gasteiger charge is -2.33. The molecule has 0 saturated carbocycles. The van der Waals surface area contributed by atoms with Crippen LogP contribution in [0, 0.1) is 0 Å². The number of nitrogens with one attached hydrogen (secondary N) is 1. The minimum atomic E-state index is -0.0857. The molecule has 0 unspecified atom stereocenters. The molecule has 0 bridgehead atoms. The number of aromatic nitrogens is 3. The molecule has 0 atom stereocenters. The van der Waals surface area contributed by atoms with Gasteiger partial charge in [-0.3, -0.25) is 9.69 Å². The van der Waals surface area contributed by atoms with Gasteiger partial charge in [-0.25, -0.2) is 0 Å². The number of aliphatic hydroxyl groups is 1. The van der Waals surface area contributed by atoms with Crippen molar-refractivity contribution in [1.29, 1.82) is 0 Å². The van der Waals surface area contributed by atoms with Gasteiger partial charge in [-0.15, -0.1) is 0 Å². The van der Waals surface area contributed by atoms with E-state index in [2.05, 4.69) is 20.3 Å². The molecule has 0 spiro atoms. The van der Waals surface area contributed by atoms with E-state index in [4.69, 9.17) is 5.11 Å². The molecular weight excluding hydrogens is 210 g/mol. The number of hydrogen-bond acceptors (Lipinski definition) is 5. The summed E-state index contributed by atoms with van der Waals surface area (Å²) in [5.41, 5.74) is 0.357. The summed E-state index contributed by atoms with van der Waals surface area (Å²) in [6.07, 6.45) is 1.43. The molecule has 1 fully saturated rings. The normalized spacial score (nSPS) is 17.7. The van der Waals surface area contributed by atoms with E-state index in [1.165, 1.54) is 6.20 Å². The Morgan fingerprint density at radius 3 is 2.75 bits per heavy atom. The second-order valence-electron chi connectivity index (χ2n) is 3.71. The van der Waals surface area contributed by atoms with Gasteiger partial charge >= 0.3 is 0 Å². The average molecular weight is 225 g/mol. The molecule has 88 valence electrons. The summed E-state index contributed by atoms with van der Waals surface area (Å²) in [7, 11) is 0. The predicted molar refractivity (Wildman–Crippen MR) is 55.8 cm³/mol. The van der Waals surface area contributed by atoms with Crippen LogP contribution in [-0.4, -0.2) is 75.6 Å². The van der Waals surface area contributed by atoms with Crippen molar-refractivity contribution in [3.8, 4) is 0 Å². The van der Waals surface area contributed by atoms with Crippen LogP contribution >= 0.6 is 0 Å². The van der Waals surface area contributed by atoms with Gasteiger partial charge in [0.25, 0.3) is 5.91 Å². The summed E-state index contributed by atoms with van der Waals surface area (Å²) in [5, 5.41) is 18.6. The van der Waals surface area contributed by atoms with Crippen molar-refractivity contribution in [2.75, 3.05) is 39.3 Å². The Balaban J connectivity index is 1.87. The van der Waals surface area contributed by atoms with E-state index >= 15 is 0 Å². The molecule has 1 aliphatic heterocycles. The molecule has 1 aromatic heterocycles. The molecule has 1 aromatic rings. The van der Waals surface area contributed by atoms with Crippen molar-refractivity contribution >= 4 is 5.91 Å². The van der Waals surface area contributed by atoms with E-state index in [0.717, 1.165) is 13.1 Å². The van der Waals surface area contributed by atoms with Crippen LogP contribution in [0.5, 0.6) is 0 Å². The summed E-state index contributed by atoms with van der Waals surface area (Å²) in [4.78, 5) is 15.7. The van der Waals surface area contributed by atoms with Crippen LogP contribution < -0.4 is 0 Å². The molecule has 0 radical (unpaired) electrons. The molecule has 2 N–H and O–H groups in total. The molecule has 2 rings (SSSR count). The largest absolute Gasteiger partial charge is 0.395 e. The molecule has 7 nitrogen and oxygen atoms in total. The molecule has 1 aliphatic rings. The molecule has 1 saturated heterocycles. The van der Waals surface area contributed by atoms with Crippen LogP contribution in [0.25, 0.3) is 0 Å². The molecular formula is C9H15N5O2. The number of β-amino-alcohol motifs (C(OH)–C–C–N with tert-alkyl or cyclic N) is 1. The quantitative estimate of drug-likeness (QED) is 0.657. The van der Waals surface area contributed by atoms with E-state index in [1.807, 2.05) is 0 Å². The Morgan fingerprint density at radius 1 is 1.44 bits per heavy atom. The summed E-state index contributed by atoms with van der Waals surface area (Å²) in [6, 6.07) is 0. The van der Waals surface area contributed by atoms with Crippen LogP contribution in [0.1, 0.15) is 10.5 Å². The van der Waals surface area contributed by atoms with Gasteiger partial charge in [0.15, 0.2) is 5.69 Å². The van der Waals surface area contributed by atoms with E-state index in [-0.39, 0.29) is 12.5 Å². The first kappa shape index (κ1) is 11.0. The number of amides is 1. The first-order valence-corrected chi connectivity index (χ1v) is 5.29.